The Morgan fingerprint density at radius 2 is 1.91 bits per heavy atom. The minimum Gasteiger partial charge on any atom is -0.492 e. The Labute approximate surface area is 137 Å². The van der Waals surface area contributed by atoms with E-state index in [0.717, 1.165) is 17.4 Å². The maximum absolute atomic E-state index is 13.7. The van der Waals surface area contributed by atoms with Crippen molar-refractivity contribution in [2.75, 3.05) is 11.9 Å². The molecule has 1 amide bonds. The summed E-state index contributed by atoms with van der Waals surface area (Å²) < 4.78 is 19.3. The lowest BCUT2D eigenvalue weighted by Crippen LogP contribution is -2.32. The first kappa shape index (κ1) is 15.1. The lowest BCUT2D eigenvalue weighted by molar-refractivity contribution is -0.121. The zero-order valence-electron chi connectivity index (χ0n) is 11.4. The van der Waals surface area contributed by atoms with Gasteiger partial charge < -0.3 is 10.1 Å². The maximum Gasteiger partial charge on any atom is 0.231 e. The first-order valence-corrected chi connectivity index (χ1v) is 7.45. The fourth-order valence-electron chi connectivity index (χ4n) is 2.36. The Morgan fingerprint density at radius 1 is 1.18 bits per heavy atom. The van der Waals surface area contributed by atoms with Crippen LogP contribution in [0.25, 0.3) is 0 Å². The molecule has 1 aliphatic heterocycles. The fourth-order valence-corrected chi connectivity index (χ4v) is 2.71. The summed E-state index contributed by atoms with van der Waals surface area (Å²) in [5, 5.41) is 3.43. The molecule has 1 N–H and O–H groups in total. The largest absolute Gasteiger partial charge is 0.492 e. The molecule has 0 bridgehead atoms. The summed E-state index contributed by atoms with van der Waals surface area (Å²) in [5.74, 6) is -0.542. The molecular formula is C16H12Cl2FNO2. The summed E-state index contributed by atoms with van der Waals surface area (Å²) in [5.41, 5.74) is 0.974. The Morgan fingerprint density at radius 3 is 2.68 bits per heavy atom. The van der Waals surface area contributed by atoms with Crippen molar-refractivity contribution in [3.05, 3.63) is 57.8 Å². The highest BCUT2D eigenvalue weighted by Crippen LogP contribution is 2.30. The predicted molar refractivity (Wildman–Crippen MR) is 84.2 cm³/mol. The number of fused-ring (bicyclic) bond motifs is 1. The van der Waals surface area contributed by atoms with Gasteiger partial charge in [0.1, 0.15) is 18.2 Å². The fraction of sp³-hybridized carbons (Fsp3) is 0.188. The van der Waals surface area contributed by atoms with Crippen molar-refractivity contribution in [2.45, 2.75) is 6.42 Å². The number of halogens is 3. The van der Waals surface area contributed by atoms with Gasteiger partial charge in [0.25, 0.3) is 0 Å². The van der Waals surface area contributed by atoms with E-state index in [2.05, 4.69) is 5.32 Å². The number of nitrogens with one attached hydrogen (secondary N) is 1. The summed E-state index contributed by atoms with van der Waals surface area (Å²) in [4.78, 5) is 12.3. The van der Waals surface area contributed by atoms with Gasteiger partial charge in [-0.05, 0) is 48.4 Å². The molecule has 1 aliphatic rings. The van der Waals surface area contributed by atoms with Gasteiger partial charge in [-0.1, -0.05) is 23.2 Å². The zero-order valence-corrected chi connectivity index (χ0v) is 12.9. The first-order valence-electron chi connectivity index (χ1n) is 6.70. The van der Waals surface area contributed by atoms with E-state index in [4.69, 9.17) is 27.9 Å². The van der Waals surface area contributed by atoms with E-state index in [1.807, 2.05) is 0 Å². The highest BCUT2D eigenvalue weighted by Gasteiger charge is 2.26. The monoisotopic (exact) mass is 339 g/mol. The van der Waals surface area contributed by atoms with Gasteiger partial charge >= 0.3 is 0 Å². The molecule has 6 heteroatoms. The quantitative estimate of drug-likeness (QED) is 0.884. The molecule has 0 unspecified atom stereocenters. The smallest absolute Gasteiger partial charge is 0.231 e. The van der Waals surface area contributed by atoms with Gasteiger partial charge in [0, 0.05) is 10.0 Å². The van der Waals surface area contributed by atoms with Gasteiger partial charge in [-0.2, -0.15) is 0 Å². The van der Waals surface area contributed by atoms with Crippen molar-refractivity contribution in [2.24, 2.45) is 5.92 Å². The van der Waals surface area contributed by atoms with Crippen molar-refractivity contribution in [1.29, 1.82) is 0 Å². The van der Waals surface area contributed by atoms with Gasteiger partial charge in [-0.15, -0.1) is 0 Å². The molecule has 0 aromatic heterocycles. The first-order chi connectivity index (χ1) is 10.5. The predicted octanol–water partition coefficient (Wildman–Crippen LogP) is 4.32. The minimum absolute atomic E-state index is 0.103. The molecule has 1 heterocycles. The molecule has 22 heavy (non-hydrogen) atoms. The number of benzene rings is 2. The second kappa shape index (κ2) is 6.15. The third-order valence-corrected chi connectivity index (χ3v) is 3.96. The molecule has 2 aromatic rings. The van der Waals surface area contributed by atoms with Crippen LogP contribution in [0.15, 0.2) is 36.4 Å². The van der Waals surface area contributed by atoms with Crippen LogP contribution in [0.5, 0.6) is 5.75 Å². The second-order valence-corrected chi connectivity index (χ2v) is 5.95. The molecule has 114 valence electrons. The van der Waals surface area contributed by atoms with E-state index in [1.165, 1.54) is 12.1 Å². The Balaban J connectivity index is 1.74. The molecule has 2 aromatic carbocycles. The minimum atomic E-state index is -0.568. The molecule has 0 saturated heterocycles. The molecule has 1 atom stereocenters. The number of ether oxygens (including phenoxy) is 1. The lowest BCUT2D eigenvalue weighted by atomic mass is 9.96. The van der Waals surface area contributed by atoms with Gasteiger partial charge in [-0.25, -0.2) is 4.39 Å². The standard InChI is InChI=1S/C16H12Cl2FNO2/c17-11-2-4-15-9(6-11)5-10(8-22-15)16(21)20-14-3-1-12(18)7-13(14)19/h1-4,6-7,10H,5,8H2,(H,20,21)/t10-/m0/s1. The van der Waals surface area contributed by atoms with E-state index >= 15 is 0 Å². The van der Waals surface area contributed by atoms with Gasteiger partial charge in [0.15, 0.2) is 0 Å². The summed E-state index contributed by atoms with van der Waals surface area (Å²) in [7, 11) is 0. The number of hydrogen-bond acceptors (Lipinski definition) is 2. The van der Waals surface area contributed by atoms with Crippen molar-refractivity contribution in [1.82, 2.24) is 0 Å². The molecular weight excluding hydrogens is 328 g/mol. The number of rotatable bonds is 2. The highest BCUT2D eigenvalue weighted by atomic mass is 35.5. The number of carbonyl (C=O) groups excluding carboxylic acids is 1. The van der Waals surface area contributed by atoms with E-state index < -0.39 is 11.7 Å². The van der Waals surface area contributed by atoms with E-state index in [-0.39, 0.29) is 23.2 Å². The molecule has 0 spiro atoms. The van der Waals surface area contributed by atoms with Crippen molar-refractivity contribution in [3.8, 4) is 5.75 Å². The van der Waals surface area contributed by atoms with Crippen molar-refractivity contribution in [3.63, 3.8) is 0 Å². The van der Waals surface area contributed by atoms with Crippen LogP contribution in [0.4, 0.5) is 10.1 Å². The van der Waals surface area contributed by atoms with Crippen LogP contribution < -0.4 is 10.1 Å². The summed E-state index contributed by atoms with van der Waals surface area (Å²) >= 11 is 11.6. The highest BCUT2D eigenvalue weighted by molar-refractivity contribution is 6.31. The van der Waals surface area contributed by atoms with E-state index in [9.17, 15) is 9.18 Å². The summed E-state index contributed by atoms with van der Waals surface area (Å²) in [6.07, 6.45) is 0.497. The lowest BCUT2D eigenvalue weighted by Gasteiger charge is -2.24. The number of amides is 1. The van der Waals surface area contributed by atoms with Crippen LogP contribution in [0.1, 0.15) is 5.56 Å². The van der Waals surface area contributed by atoms with Crippen LogP contribution in [0.2, 0.25) is 10.0 Å². The molecule has 0 aliphatic carbocycles. The Hall–Kier alpha value is -1.78. The summed E-state index contributed by atoms with van der Waals surface area (Å²) in [6, 6.07) is 9.41. The Bertz CT molecular complexity index is 736. The Kier molecular flexibility index (Phi) is 4.23. The van der Waals surface area contributed by atoms with Gasteiger partial charge in [-0.3, -0.25) is 4.79 Å². The topological polar surface area (TPSA) is 38.3 Å². The van der Waals surface area contributed by atoms with E-state index in [1.54, 1.807) is 18.2 Å². The van der Waals surface area contributed by atoms with Crippen LogP contribution in [-0.4, -0.2) is 12.5 Å². The second-order valence-electron chi connectivity index (χ2n) is 5.08. The maximum atomic E-state index is 13.7. The average molecular weight is 340 g/mol. The van der Waals surface area contributed by atoms with Crippen LogP contribution in [-0.2, 0) is 11.2 Å². The van der Waals surface area contributed by atoms with Crippen LogP contribution in [0, 0.1) is 11.7 Å². The van der Waals surface area contributed by atoms with Crippen LogP contribution in [0.3, 0.4) is 0 Å². The summed E-state index contributed by atoms with van der Waals surface area (Å²) in [6.45, 7) is 0.246. The van der Waals surface area contributed by atoms with Crippen LogP contribution >= 0.6 is 23.2 Å². The van der Waals surface area contributed by atoms with Gasteiger partial charge in [0.05, 0.1) is 11.6 Å². The normalized spacial score (nSPS) is 16.6. The van der Waals surface area contributed by atoms with Crippen molar-refractivity contribution >= 4 is 34.8 Å². The van der Waals surface area contributed by atoms with Crippen molar-refractivity contribution < 1.29 is 13.9 Å². The number of hydrogen-bond donors (Lipinski definition) is 1. The average Bonchev–Trinajstić information content (AvgIpc) is 2.49. The third kappa shape index (κ3) is 3.18. The van der Waals surface area contributed by atoms with Gasteiger partial charge in [0.2, 0.25) is 5.91 Å². The SMILES string of the molecule is O=C(Nc1ccc(Cl)cc1F)[C@@H]1COc2ccc(Cl)cc2C1. The molecule has 0 fully saturated rings. The molecule has 0 saturated carbocycles. The molecule has 3 nitrogen and oxygen atoms in total. The zero-order chi connectivity index (χ0) is 15.7. The van der Waals surface area contributed by atoms with E-state index in [0.29, 0.717) is 11.4 Å². The number of anilines is 1. The molecule has 0 radical (unpaired) electrons. The molecule has 3 rings (SSSR count). The number of carbonyl (C=O) groups is 1. The third-order valence-electron chi connectivity index (χ3n) is 3.49.